The van der Waals surface area contributed by atoms with E-state index in [4.69, 9.17) is 9.47 Å². The van der Waals surface area contributed by atoms with Gasteiger partial charge in [0.1, 0.15) is 18.1 Å². The van der Waals surface area contributed by atoms with Crippen molar-refractivity contribution in [1.29, 1.82) is 0 Å². The van der Waals surface area contributed by atoms with Crippen molar-refractivity contribution in [3.63, 3.8) is 0 Å². The molecular weight excluding hydrogens is 300 g/mol. The van der Waals surface area contributed by atoms with Crippen molar-refractivity contribution in [3.05, 3.63) is 24.3 Å². The molecule has 126 valence electrons. The van der Waals surface area contributed by atoms with Crippen molar-refractivity contribution >= 4 is 11.8 Å². The first-order valence-corrected chi connectivity index (χ1v) is 7.52. The number of hydrogen-bond acceptors (Lipinski definition) is 5. The molecule has 0 aliphatic carbocycles. The number of methoxy groups -OCH3 is 1. The largest absolute Gasteiger partial charge is 0.508 e. The van der Waals surface area contributed by atoms with Crippen LogP contribution >= 0.6 is 0 Å². The first-order chi connectivity index (χ1) is 11.0. The van der Waals surface area contributed by atoms with E-state index < -0.39 is 6.10 Å². The SMILES string of the molecule is COCC(=O)N1CCN(C(=O)C(C)Oc2ccc(O)cc2)CC1. The molecule has 1 aliphatic heterocycles. The molecule has 7 heteroatoms. The van der Waals surface area contributed by atoms with E-state index in [1.54, 1.807) is 28.9 Å². The van der Waals surface area contributed by atoms with Crippen molar-refractivity contribution in [3.8, 4) is 11.5 Å². The van der Waals surface area contributed by atoms with Crippen LogP contribution in [0.1, 0.15) is 6.92 Å². The molecule has 1 heterocycles. The second kappa shape index (κ2) is 7.82. The smallest absolute Gasteiger partial charge is 0.263 e. The Kier molecular flexibility index (Phi) is 5.81. The molecule has 1 saturated heterocycles. The number of carbonyl (C=O) groups excluding carboxylic acids is 2. The Morgan fingerprint density at radius 1 is 1.13 bits per heavy atom. The number of phenols is 1. The third-order valence-corrected chi connectivity index (χ3v) is 3.71. The second-order valence-electron chi connectivity index (χ2n) is 5.39. The van der Waals surface area contributed by atoms with E-state index >= 15 is 0 Å². The summed E-state index contributed by atoms with van der Waals surface area (Å²) in [6.45, 7) is 3.72. The van der Waals surface area contributed by atoms with Gasteiger partial charge in [-0.1, -0.05) is 0 Å². The molecule has 1 N–H and O–H groups in total. The molecule has 0 bridgehead atoms. The zero-order valence-electron chi connectivity index (χ0n) is 13.4. The Morgan fingerprint density at radius 2 is 1.70 bits per heavy atom. The van der Waals surface area contributed by atoms with Gasteiger partial charge in [0.2, 0.25) is 5.91 Å². The maximum absolute atomic E-state index is 12.4. The van der Waals surface area contributed by atoms with Gasteiger partial charge in [-0.15, -0.1) is 0 Å². The number of rotatable bonds is 5. The number of aromatic hydroxyl groups is 1. The van der Waals surface area contributed by atoms with Gasteiger partial charge in [0.05, 0.1) is 0 Å². The van der Waals surface area contributed by atoms with Gasteiger partial charge in [-0.3, -0.25) is 9.59 Å². The number of piperazine rings is 1. The van der Waals surface area contributed by atoms with Crippen molar-refractivity contribution in [1.82, 2.24) is 9.80 Å². The molecule has 2 amide bonds. The minimum absolute atomic E-state index is 0.0620. The predicted octanol–water partition coefficient (Wildman–Crippen LogP) is 0.477. The van der Waals surface area contributed by atoms with E-state index in [0.29, 0.717) is 31.9 Å². The monoisotopic (exact) mass is 322 g/mol. The lowest BCUT2D eigenvalue weighted by atomic mass is 10.2. The summed E-state index contributed by atoms with van der Waals surface area (Å²) in [5, 5.41) is 9.24. The van der Waals surface area contributed by atoms with Crippen LogP contribution in [0.2, 0.25) is 0 Å². The number of hydrogen-bond donors (Lipinski definition) is 1. The summed E-state index contributed by atoms with van der Waals surface area (Å²) in [6, 6.07) is 6.24. The van der Waals surface area contributed by atoms with E-state index in [9.17, 15) is 14.7 Å². The topological polar surface area (TPSA) is 79.3 Å². The fourth-order valence-corrected chi connectivity index (χ4v) is 2.43. The van der Waals surface area contributed by atoms with Gasteiger partial charge < -0.3 is 24.4 Å². The highest BCUT2D eigenvalue weighted by molar-refractivity contribution is 5.82. The Balaban J connectivity index is 1.84. The Labute approximate surface area is 135 Å². The highest BCUT2D eigenvalue weighted by Crippen LogP contribution is 2.18. The lowest BCUT2D eigenvalue weighted by molar-refractivity contribution is -0.145. The second-order valence-corrected chi connectivity index (χ2v) is 5.39. The Hall–Kier alpha value is -2.28. The number of benzene rings is 1. The lowest BCUT2D eigenvalue weighted by Crippen LogP contribution is -2.53. The molecule has 7 nitrogen and oxygen atoms in total. The molecule has 0 radical (unpaired) electrons. The fraction of sp³-hybridized carbons (Fsp3) is 0.500. The summed E-state index contributed by atoms with van der Waals surface area (Å²) >= 11 is 0. The standard InChI is InChI=1S/C16H22N2O5/c1-12(23-14-5-3-13(19)4-6-14)16(21)18-9-7-17(8-10-18)15(20)11-22-2/h3-6,12,19H,7-11H2,1-2H3. The van der Waals surface area contributed by atoms with Crippen molar-refractivity contribution in [2.45, 2.75) is 13.0 Å². The first-order valence-electron chi connectivity index (χ1n) is 7.52. The van der Waals surface area contributed by atoms with Gasteiger partial charge in [-0.05, 0) is 31.2 Å². The molecular formula is C16H22N2O5. The Morgan fingerprint density at radius 3 is 2.26 bits per heavy atom. The predicted molar refractivity (Wildman–Crippen MR) is 83.2 cm³/mol. The van der Waals surface area contributed by atoms with Crippen molar-refractivity contribution in [2.75, 3.05) is 39.9 Å². The summed E-state index contributed by atoms with van der Waals surface area (Å²) in [7, 11) is 1.49. The number of ether oxygens (including phenoxy) is 2. The third-order valence-electron chi connectivity index (χ3n) is 3.71. The molecule has 1 aromatic rings. The highest BCUT2D eigenvalue weighted by Gasteiger charge is 2.27. The van der Waals surface area contributed by atoms with Gasteiger partial charge in [0.25, 0.3) is 5.91 Å². The third kappa shape index (κ3) is 4.59. The summed E-state index contributed by atoms with van der Waals surface area (Å²) < 4.78 is 10.4. The number of amides is 2. The minimum Gasteiger partial charge on any atom is -0.508 e. The van der Waals surface area contributed by atoms with Crippen LogP contribution in [0.3, 0.4) is 0 Å². The normalized spacial score (nSPS) is 16.1. The van der Waals surface area contributed by atoms with Gasteiger partial charge in [-0.2, -0.15) is 0 Å². The molecule has 0 spiro atoms. The number of phenolic OH excluding ortho intramolecular Hbond substituents is 1. The minimum atomic E-state index is -0.624. The molecule has 1 fully saturated rings. The molecule has 23 heavy (non-hydrogen) atoms. The summed E-state index contributed by atoms with van der Waals surface area (Å²) in [6.07, 6.45) is -0.624. The average molecular weight is 322 g/mol. The van der Waals surface area contributed by atoms with Crippen LogP contribution in [0.5, 0.6) is 11.5 Å². The van der Waals surface area contributed by atoms with Crippen LogP contribution in [-0.2, 0) is 14.3 Å². The molecule has 1 aromatic carbocycles. The van der Waals surface area contributed by atoms with Gasteiger partial charge in [0, 0.05) is 33.3 Å². The zero-order valence-corrected chi connectivity index (χ0v) is 13.4. The van der Waals surface area contributed by atoms with Crippen LogP contribution in [-0.4, -0.2) is 72.7 Å². The molecule has 0 aromatic heterocycles. The lowest BCUT2D eigenvalue weighted by Gasteiger charge is -2.35. The van der Waals surface area contributed by atoms with Crippen LogP contribution in [0, 0.1) is 0 Å². The van der Waals surface area contributed by atoms with Crippen LogP contribution < -0.4 is 4.74 Å². The van der Waals surface area contributed by atoms with Gasteiger partial charge in [0.15, 0.2) is 6.10 Å². The first kappa shape index (κ1) is 17.1. The van der Waals surface area contributed by atoms with Crippen LogP contribution in [0.15, 0.2) is 24.3 Å². The van der Waals surface area contributed by atoms with Gasteiger partial charge in [-0.25, -0.2) is 0 Å². The van der Waals surface area contributed by atoms with Crippen LogP contribution in [0.25, 0.3) is 0 Å². The van der Waals surface area contributed by atoms with Gasteiger partial charge >= 0.3 is 0 Å². The molecule has 1 aliphatic rings. The maximum atomic E-state index is 12.4. The number of nitrogens with zero attached hydrogens (tertiary/aromatic N) is 2. The molecule has 1 atom stereocenters. The number of carbonyl (C=O) groups is 2. The van der Waals surface area contributed by atoms with Crippen molar-refractivity contribution < 1.29 is 24.2 Å². The maximum Gasteiger partial charge on any atom is 0.263 e. The summed E-state index contributed by atoms with van der Waals surface area (Å²) in [5.74, 6) is 0.496. The zero-order chi connectivity index (χ0) is 16.8. The molecule has 0 saturated carbocycles. The molecule has 2 rings (SSSR count). The van der Waals surface area contributed by atoms with Crippen LogP contribution in [0.4, 0.5) is 0 Å². The van der Waals surface area contributed by atoms with Crippen molar-refractivity contribution in [2.24, 2.45) is 0 Å². The molecule has 1 unspecified atom stereocenters. The van der Waals surface area contributed by atoms with E-state index in [2.05, 4.69) is 0 Å². The highest BCUT2D eigenvalue weighted by atomic mass is 16.5. The van der Waals surface area contributed by atoms with E-state index in [0.717, 1.165) is 0 Å². The fourth-order valence-electron chi connectivity index (χ4n) is 2.43. The summed E-state index contributed by atoms with van der Waals surface area (Å²) in [4.78, 5) is 27.5. The average Bonchev–Trinajstić information content (AvgIpc) is 2.56. The summed E-state index contributed by atoms with van der Waals surface area (Å²) in [5.41, 5.74) is 0. The van der Waals surface area contributed by atoms with E-state index in [1.165, 1.54) is 19.2 Å². The Bertz CT molecular complexity index is 538. The van der Waals surface area contributed by atoms with E-state index in [-0.39, 0.29) is 24.2 Å². The van der Waals surface area contributed by atoms with E-state index in [1.807, 2.05) is 0 Å². The quantitative estimate of drug-likeness (QED) is 0.853.